The van der Waals surface area contributed by atoms with Gasteiger partial charge in [0.25, 0.3) is 0 Å². The molecular formula is C8H9ClN3P. The number of hydrogen-bond acceptors (Lipinski definition) is 2. The fraction of sp³-hybridized carbons (Fsp3) is 0.125. The normalized spacial score (nSPS) is 11.0. The van der Waals surface area contributed by atoms with Gasteiger partial charge in [0.2, 0.25) is 0 Å². The fourth-order valence-corrected chi connectivity index (χ4v) is 1.86. The molecule has 2 rings (SSSR count). The molecular weight excluding hydrogens is 205 g/mol. The summed E-state index contributed by atoms with van der Waals surface area (Å²) in [5.41, 5.74) is 7.41. The molecule has 2 heterocycles. The summed E-state index contributed by atoms with van der Waals surface area (Å²) in [5, 5.41) is 1.66. The highest BCUT2D eigenvalue weighted by Crippen LogP contribution is 2.15. The highest BCUT2D eigenvalue weighted by Gasteiger charge is 2.07. The minimum absolute atomic E-state index is 0.429. The molecule has 0 aliphatic heterocycles. The monoisotopic (exact) mass is 213 g/mol. The molecule has 2 N–H and O–H groups in total. The topological polar surface area (TPSA) is 43.3 Å². The molecule has 0 saturated heterocycles. The maximum absolute atomic E-state index is 5.97. The number of nitrogens with two attached hydrogens (primary N) is 1. The summed E-state index contributed by atoms with van der Waals surface area (Å²) in [7, 11) is 2.61. The molecule has 1 atom stereocenters. The van der Waals surface area contributed by atoms with Crippen LogP contribution in [0.1, 0.15) is 5.69 Å². The lowest BCUT2D eigenvalue weighted by Gasteiger charge is -2.02. The number of rotatable bonds is 1. The van der Waals surface area contributed by atoms with Crippen molar-refractivity contribution in [2.45, 2.75) is 6.54 Å². The first-order valence-corrected chi connectivity index (χ1v) is 4.79. The van der Waals surface area contributed by atoms with E-state index in [0.717, 1.165) is 16.5 Å². The summed E-state index contributed by atoms with van der Waals surface area (Å²) in [6, 6.07) is 1.83. The smallest absolute Gasteiger partial charge is 0.0996 e. The molecule has 0 spiro atoms. The van der Waals surface area contributed by atoms with Crippen molar-refractivity contribution in [2.24, 2.45) is 5.73 Å². The maximum Gasteiger partial charge on any atom is 0.0996 e. The van der Waals surface area contributed by atoms with Crippen LogP contribution in [0.15, 0.2) is 18.6 Å². The van der Waals surface area contributed by atoms with Crippen LogP contribution in [-0.4, -0.2) is 9.38 Å². The van der Waals surface area contributed by atoms with E-state index in [2.05, 4.69) is 14.2 Å². The average molecular weight is 214 g/mol. The van der Waals surface area contributed by atoms with Crippen molar-refractivity contribution in [3.8, 4) is 0 Å². The second-order valence-electron chi connectivity index (χ2n) is 2.73. The first-order valence-electron chi connectivity index (χ1n) is 3.83. The third-order valence-electron chi connectivity index (χ3n) is 1.96. The van der Waals surface area contributed by atoms with E-state index in [0.29, 0.717) is 11.6 Å². The lowest BCUT2D eigenvalue weighted by Crippen LogP contribution is -2.04. The van der Waals surface area contributed by atoms with Gasteiger partial charge in [-0.1, -0.05) is 11.6 Å². The molecule has 3 nitrogen and oxygen atoms in total. The van der Waals surface area contributed by atoms with Gasteiger partial charge in [-0.2, -0.15) is 0 Å². The second kappa shape index (κ2) is 3.26. The van der Waals surface area contributed by atoms with Gasteiger partial charge in [0.1, 0.15) is 0 Å². The van der Waals surface area contributed by atoms with E-state index < -0.39 is 0 Å². The molecule has 0 radical (unpaired) electrons. The van der Waals surface area contributed by atoms with Crippen LogP contribution >= 0.6 is 20.8 Å². The van der Waals surface area contributed by atoms with Gasteiger partial charge in [0.15, 0.2) is 0 Å². The Morgan fingerprint density at radius 3 is 3.08 bits per heavy atom. The maximum atomic E-state index is 5.97. The van der Waals surface area contributed by atoms with Crippen LogP contribution in [-0.2, 0) is 6.54 Å². The predicted molar refractivity (Wildman–Crippen MR) is 57.4 cm³/mol. The molecule has 0 aliphatic carbocycles. The van der Waals surface area contributed by atoms with Crippen molar-refractivity contribution in [1.29, 1.82) is 0 Å². The summed E-state index contributed by atoms with van der Waals surface area (Å²) < 4.78 is 1.91. The van der Waals surface area contributed by atoms with Gasteiger partial charge < -0.3 is 10.1 Å². The van der Waals surface area contributed by atoms with Crippen molar-refractivity contribution in [3.05, 3.63) is 29.3 Å². The average Bonchev–Trinajstić information content (AvgIpc) is 2.55. The van der Waals surface area contributed by atoms with Crippen LogP contribution < -0.4 is 11.0 Å². The Morgan fingerprint density at radius 2 is 2.38 bits per heavy atom. The summed E-state index contributed by atoms with van der Waals surface area (Å²) in [4.78, 5) is 4.18. The zero-order valence-corrected chi connectivity index (χ0v) is 8.78. The zero-order chi connectivity index (χ0) is 9.42. The van der Waals surface area contributed by atoms with E-state index in [1.807, 2.05) is 16.7 Å². The Labute approximate surface area is 83.1 Å². The van der Waals surface area contributed by atoms with E-state index in [4.69, 9.17) is 17.3 Å². The molecule has 13 heavy (non-hydrogen) atoms. The molecule has 0 saturated carbocycles. The minimum Gasteiger partial charge on any atom is -0.325 e. The Kier molecular flexibility index (Phi) is 2.24. The van der Waals surface area contributed by atoms with E-state index in [-0.39, 0.29) is 0 Å². The third kappa shape index (κ3) is 1.33. The van der Waals surface area contributed by atoms with Gasteiger partial charge in [0.05, 0.1) is 22.6 Å². The molecule has 0 fully saturated rings. The third-order valence-corrected chi connectivity index (χ3v) is 3.05. The summed E-state index contributed by atoms with van der Waals surface area (Å²) in [6.45, 7) is 0.429. The molecule has 0 aromatic carbocycles. The van der Waals surface area contributed by atoms with Crippen LogP contribution in [0.5, 0.6) is 0 Å². The first-order chi connectivity index (χ1) is 6.24. The highest BCUT2D eigenvalue weighted by molar-refractivity contribution is 7.28. The molecule has 0 amide bonds. The van der Waals surface area contributed by atoms with Gasteiger partial charge >= 0.3 is 0 Å². The summed E-state index contributed by atoms with van der Waals surface area (Å²) in [6.07, 6.45) is 3.61. The van der Waals surface area contributed by atoms with E-state index >= 15 is 0 Å². The van der Waals surface area contributed by atoms with Gasteiger partial charge in [-0.15, -0.1) is 9.24 Å². The van der Waals surface area contributed by atoms with Gasteiger partial charge in [-0.3, -0.25) is 0 Å². The standard InChI is InChI=1S/C8H9ClN3P/c9-5-1-2-12-4-11-6(3-10)7(12)8(5)13/h1-2,4H,3,10,13H2. The van der Waals surface area contributed by atoms with Gasteiger partial charge in [0, 0.05) is 18.0 Å². The Balaban J connectivity index is 2.85. The molecule has 0 aliphatic rings. The molecule has 2 aromatic rings. The second-order valence-corrected chi connectivity index (χ2v) is 3.71. The van der Waals surface area contributed by atoms with E-state index in [9.17, 15) is 0 Å². The van der Waals surface area contributed by atoms with Crippen LogP contribution in [0.25, 0.3) is 5.52 Å². The van der Waals surface area contributed by atoms with Crippen LogP contribution in [0.3, 0.4) is 0 Å². The Bertz CT molecular complexity index is 452. The number of imidazole rings is 1. The number of nitrogens with zero attached hydrogens (tertiary/aromatic N) is 2. The van der Waals surface area contributed by atoms with Crippen LogP contribution in [0.2, 0.25) is 5.02 Å². The van der Waals surface area contributed by atoms with Crippen molar-refractivity contribution in [3.63, 3.8) is 0 Å². The number of hydrogen-bond donors (Lipinski definition) is 1. The SMILES string of the molecule is NCc1ncn2ccc(Cl)c(P)c12. The van der Waals surface area contributed by atoms with Crippen LogP contribution in [0, 0.1) is 0 Å². The molecule has 68 valence electrons. The predicted octanol–water partition coefficient (Wildman–Crippen LogP) is 0.947. The Morgan fingerprint density at radius 1 is 1.62 bits per heavy atom. The fourth-order valence-electron chi connectivity index (χ4n) is 1.31. The molecule has 1 unspecified atom stereocenters. The number of aromatic nitrogens is 2. The minimum atomic E-state index is 0.429. The number of fused-ring (bicyclic) bond motifs is 1. The van der Waals surface area contributed by atoms with Crippen molar-refractivity contribution in [2.75, 3.05) is 0 Å². The molecule has 5 heteroatoms. The van der Waals surface area contributed by atoms with Crippen molar-refractivity contribution >= 4 is 31.7 Å². The largest absolute Gasteiger partial charge is 0.325 e. The molecule has 0 bridgehead atoms. The van der Waals surface area contributed by atoms with Crippen molar-refractivity contribution in [1.82, 2.24) is 9.38 Å². The van der Waals surface area contributed by atoms with Gasteiger partial charge in [-0.25, -0.2) is 4.98 Å². The lowest BCUT2D eigenvalue weighted by atomic mass is 10.3. The first kappa shape index (κ1) is 8.95. The Hall–Kier alpha value is -0.630. The molecule has 2 aromatic heterocycles. The van der Waals surface area contributed by atoms with E-state index in [1.165, 1.54) is 0 Å². The number of pyridine rings is 1. The van der Waals surface area contributed by atoms with Gasteiger partial charge in [-0.05, 0) is 6.07 Å². The number of halogens is 1. The van der Waals surface area contributed by atoms with Crippen LogP contribution in [0.4, 0.5) is 0 Å². The summed E-state index contributed by atoms with van der Waals surface area (Å²) in [5.74, 6) is 0. The quantitative estimate of drug-likeness (QED) is 0.717. The van der Waals surface area contributed by atoms with E-state index in [1.54, 1.807) is 6.33 Å². The zero-order valence-electron chi connectivity index (χ0n) is 6.87. The highest BCUT2D eigenvalue weighted by atomic mass is 35.5. The van der Waals surface area contributed by atoms with Crippen molar-refractivity contribution < 1.29 is 0 Å². The lowest BCUT2D eigenvalue weighted by molar-refractivity contribution is 1.02. The summed E-state index contributed by atoms with van der Waals surface area (Å²) >= 11 is 5.97.